The minimum atomic E-state index is 0. The Morgan fingerprint density at radius 3 is 2.68 bits per heavy atom. The van der Waals surface area contributed by atoms with Crippen LogP contribution in [0.3, 0.4) is 0 Å². The first kappa shape index (κ1) is 18.3. The molecule has 22 heavy (non-hydrogen) atoms. The molecule has 3 fully saturated rings. The zero-order valence-corrected chi connectivity index (χ0v) is 16.3. The minimum Gasteiger partial charge on any atom is -0.373 e. The fraction of sp³-hybridized carbons (Fsp3) is 0.941. The second-order valence-electron chi connectivity index (χ2n) is 7.29. The monoisotopic (exact) mass is 421 g/mol. The van der Waals surface area contributed by atoms with Crippen LogP contribution in [0.5, 0.6) is 0 Å². The van der Waals surface area contributed by atoms with Crippen molar-refractivity contribution in [3.63, 3.8) is 0 Å². The van der Waals surface area contributed by atoms with Gasteiger partial charge in [-0.1, -0.05) is 26.2 Å². The molecule has 5 atom stereocenters. The van der Waals surface area contributed by atoms with Crippen LogP contribution in [0.15, 0.2) is 4.99 Å². The normalized spacial score (nSPS) is 37.7. The van der Waals surface area contributed by atoms with Crippen molar-refractivity contribution < 1.29 is 4.74 Å². The second-order valence-corrected chi connectivity index (χ2v) is 7.29. The average molecular weight is 421 g/mol. The van der Waals surface area contributed by atoms with Gasteiger partial charge in [-0.15, -0.1) is 24.0 Å². The Morgan fingerprint density at radius 2 is 2.05 bits per heavy atom. The van der Waals surface area contributed by atoms with Crippen molar-refractivity contribution in [2.24, 2.45) is 16.8 Å². The number of nitrogens with zero attached hydrogens (tertiary/aromatic N) is 1. The molecular weight excluding hydrogens is 389 g/mol. The Bertz CT molecular complexity index is 377. The van der Waals surface area contributed by atoms with E-state index in [0.29, 0.717) is 18.2 Å². The summed E-state index contributed by atoms with van der Waals surface area (Å²) in [6, 6.07) is 0.463. The first-order valence-electron chi connectivity index (χ1n) is 8.87. The van der Waals surface area contributed by atoms with Crippen LogP contribution in [0.2, 0.25) is 0 Å². The lowest BCUT2D eigenvalue weighted by atomic mass is 9.81. The highest BCUT2D eigenvalue weighted by Gasteiger charge is 2.41. The molecule has 0 aromatic heterocycles. The van der Waals surface area contributed by atoms with Crippen molar-refractivity contribution >= 4 is 29.9 Å². The SMILES string of the molecule is CN=C(NCCC1CCCC(C)C1)NC1CC2CCC1O2.I. The first-order chi connectivity index (χ1) is 10.2. The quantitative estimate of drug-likeness (QED) is 0.416. The second kappa shape index (κ2) is 8.71. The molecule has 1 saturated carbocycles. The molecule has 1 aliphatic carbocycles. The van der Waals surface area contributed by atoms with Crippen LogP contribution >= 0.6 is 24.0 Å². The highest BCUT2D eigenvalue weighted by molar-refractivity contribution is 14.0. The van der Waals surface area contributed by atoms with Gasteiger partial charge in [-0.25, -0.2) is 0 Å². The molecule has 0 aromatic rings. The molecule has 2 heterocycles. The zero-order valence-electron chi connectivity index (χ0n) is 14.0. The smallest absolute Gasteiger partial charge is 0.191 e. The van der Waals surface area contributed by atoms with E-state index < -0.39 is 0 Å². The van der Waals surface area contributed by atoms with Crippen molar-refractivity contribution in [2.75, 3.05) is 13.6 Å². The molecule has 2 N–H and O–H groups in total. The van der Waals surface area contributed by atoms with Gasteiger partial charge in [0, 0.05) is 13.6 Å². The number of hydrogen-bond acceptors (Lipinski definition) is 2. The van der Waals surface area contributed by atoms with E-state index in [9.17, 15) is 0 Å². The largest absolute Gasteiger partial charge is 0.373 e. The van der Waals surface area contributed by atoms with E-state index in [1.54, 1.807) is 0 Å². The van der Waals surface area contributed by atoms with Gasteiger partial charge in [0.25, 0.3) is 0 Å². The molecule has 4 nitrogen and oxygen atoms in total. The van der Waals surface area contributed by atoms with Crippen molar-refractivity contribution in [1.82, 2.24) is 10.6 Å². The van der Waals surface area contributed by atoms with Crippen LogP contribution in [0, 0.1) is 11.8 Å². The van der Waals surface area contributed by atoms with E-state index >= 15 is 0 Å². The van der Waals surface area contributed by atoms with Crippen LogP contribution in [-0.4, -0.2) is 37.8 Å². The molecule has 0 aromatic carbocycles. The van der Waals surface area contributed by atoms with Crippen LogP contribution < -0.4 is 10.6 Å². The van der Waals surface area contributed by atoms with Gasteiger partial charge in [0.2, 0.25) is 0 Å². The van der Waals surface area contributed by atoms with Crippen LogP contribution in [0.25, 0.3) is 0 Å². The summed E-state index contributed by atoms with van der Waals surface area (Å²) >= 11 is 0. The maximum Gasteiger partial charge on any atom is 0.191 e. The number of rotatable bonds is 4. The number of fused-ring (bicyclic) bond motifs is 2. The van der Waals surface area contributed by atoms with E-state index in [4.69, 9.17) is 4.74 Å². The number of nitrogens with one attached hydrogen (secondary N) is 2. The van der Waals surface area contributed by atoms with Gasteiger partial charge >= 0.3 is 0 Å². The number of aliphatic imine (C=N–C) groups is 1. The molecule has 2 saturated heterocycles. The highest BCUT2D eigenvalue weighted by Crippen LogP contribution is 2.34. The van der Waals surface area contributed by atoms with E-state index in [0.717, 1.165) is 30.8 Å². The third kappa shape index (κ3) is 4.73. The highest BCUT2D eigenvalue weighted by atomic mass is 127. The first-order valence-corrected chi connectivity index (χ1v) is 8.87. The predicted molar refractivity (Wildman–Crippen MR) is 102 cm³/mol. The Hall–Kier alpha value is -0.0400. The van der Waals surface area contributed by atoms with Crippen molar-refractivity contribution in [3.05, 3.63) is 0 Å². The summed E-state index contributed by atoms with van der Waals surface area (Å²) in [7, 11) is 1.87. The van der Waals surface area contributed by atoms with E-state index in [1.807, 2.05) is 7.05 Å². The minimum absolute atomic E-state index is 0. The fourth-order valence-corrected chi connectivity index (χ4v) is 4.38. The van der Waals surface area contributed by atoms with E-state index in [1.165, 1.54) is 44.9 Å². The lowest BCUT2D eigenvalue weighted by molar-refractivity contribution is 0.0992. The molecule has 5 heteroatoms. The lowest BCUT2D eigenvalue weighted by Gasteiger charge is -2.27. The van der Waals surface area contributed by atoms with Crippen LogP contribution in [-0.2, 0) is 4.74 Å². The molecule has 0 radical (unpaired) electrons. The fourth-order valence-electron chi connectivity index (χ4n) is 4.38. The summed E-state index contributed by atoms with van der Waals surface area (Å²) < 4.78 is 5.90. The molecule has 2 bridgehead atoms. The zero-order chi connectivity index (χ0) is 14.7. The molecule has 3 aliphatic rings. The van der Waals surface area contributed by atoms with Crippen LogP contribution in [0.4, 0.5) is 0 Å². The Morgan fingerprint density at radius 1 is 1.18 bits per heavy atom. The van der Waals surface area contributed by atoms with Crippen molar-refractivity contribution in [1.29, 1.82) is 0 Å². The summed E-state index contributed by atoms with van der Waals surface area (Å²) in [6.07, 6.45) is 11.4. The van der Waals surface area contributed by atoms with Crippen molar-refractivity contribution in [3.8, 4) is 0 Å². The molecule has 128 valence electrons. The summed E-state index contributed by atoms with van der Waals surface area (Å²) in [5.41, 5.74) is 0. The van der Waals surface area contributed by atoms with Gasteiger partial charge in [0.1, 0.15) is 0 Å². The maximum atomic E-state index is 5.90. The topological polar surface area (TPSA) is 45.7 Å². The van der Waals surface area contributed by atoms with Crippen LogP contribution in [0.1, 0.15) is 58.3 Å². The van der Waals surface area contributed by atoms with E-state index in [2.05, 4.69) is 22.5 Å². The third-order valence-corrected chi connectivity index (χ3v) is 5.54. The Labute approximate surface area is 152 Å². The summed E-state index contributed by atoms with van der Waals surface area (Å²) in [5, 5.41) is 7.06. The summed E-state index contributed by atoms with van der Waals surface area (Å²) in [4.78, 5) is 4.37. The Kier molecular flexibility index (Phi) is 7.25. The standard InChI is InChI=1S/C17H31N3O.HI/c1-12-4-3-5-13(10-12)8-9-19-17(18-2)20-15-11-14-6-7-16(15)21-14;/h12-16H,3-11H2,1-2H3,(H2,18,19,20);1H. The van der Waals surface area contributed by atoms with Gasteiger partial charge < -0.3 is 15.4 Å². The molecule has 2 aliphatic heterocycles. The Balaban J connectivity index is 0.00000176. The average Bonchev–Trinajstić information content (AvgIpc) is 3.09. The number of guanidine groups is 1. The molecule has 3 rings (SSSR count). The maximum absolute atomic E-state index is 5.90. The number of halogens is 1. The van der Waals surface area contributed by atoms with Gasteiger partial charge in [-0.2, -0.15) is 0 Å². The number of ether oxygens (including phenoxy) is 1. The van der Waals surface area contributed by atoms with Gasteiger partial charge in [0.05, 0.1) is 18.2 Å². The van der Waals surface area contributed by atoms with E-state index in [-0.39, 0.29) is 24.0 Å². The molecule has 0 spiro atoms. The molecule has 0 amide bonds. The summed E-state index contributed by atoms with van der Waals surface area (Å²) in [6.45, 7) is 3.44. The van der Waals surface area contributed by atoms with Gasteiger partial charge in [-0.05, 0) is 43.9 Å². The predicted octanol–water partition coefficient (Wildman–Crippen LogP) is 3.31. The van der Waals surface area contributed by atoms with Gasteiger partial charge in [-0.3, -0.25) is 4.99 Å². The lowest BCUT2D eigenvalue weighted by Crippen LogP contribution is -2.47. The summed E-state index contributed by atoms with van der Waals surface area (Å²) in [5.74, 6) is 2.79. The molecular formula is C17H32IN3O. The van der Waals surface area contributed by atoms with Crippen molar-refractivity contribution in [2.45, 2.75) is 76.5 Å². The van der Waals surface area contributed by atoms with Gasteiger partial charge in [0.15, 0.2) is 5.96 Å². The number of hydrogen-bond donors (Lipinski definition) is 2. The molecule has 5 unspecified atom stereocenters. The third-order valence-electron chi connectivity index (χ3n) is 5.54.